The highest BCUT2D eigenvalue weighted by Gasteiger charge is 2.38. The number of amides is 1. The van der Waals surface area contributed by atoms with Crippen molar-refractivity contribution in [3.8, 4) is 11.9 Å². The molecule has 0 atom stereocenters. The molecule has 1 aromatic heterocycles. The zero-order valence-corrected chi connectivity index (χ0v) is 16.5. The van der Waals surface area contributed by atoms with Gasteiger partial charge < -0.3 is 14.9 Å². The number of hydrogen-bond acceptors (Lipinski definition) is 5. The number of alkyl halides is 3. The normalized spacial score (nSPS) is 11.5. The fourth-order valence-electron chi connectivity index (χ4n) is 2.74. The summed E-state index contributed by atoms with van der Waals surface area (Å²) in [5, 5.41) is 18.3. The van der Waals surface area contributed by atoms with E-state index in [-0.39, 0.29) is 11.6 Å². The molecule has 1 N–H and O–H groups in total. The van der Waals surface area contributed by atoms with Gasteiger partial charge in [0, 0.05) is 18.8 Å². The first kappa shape index (κ1) is 22.1. The largest absolute Gasteiger partial charge is 0.493 e. The van der Waals surface area contributed by atoms with Crippen LogP contribution in [0.5, 0.6) is 5.88 Å². The minimum absolute atomic E-state index is 0.0254. The van der Waals surface area contributed by atoms with Gasteiger partial charge in [-0.3, -0.25) is 4.79 Å². The average molecular weight is 422 g/mol. The Hall–Kier alpha value is -3.19. The second kappa shape index (κ2) is 8.05. The number of aromatic hydroxyl groups is 1. The molecule has 0 spiro atoms. The van der Waals surface area contributed by atoms with Gasteiger partial charge in [0.25, 0.3) is 5.91 Å². The summed E-state index contributed by atoms with van der Waals surface area (Å²) in [6, 6.07) is 7.38. The highest BCUT2D eigenvalue weighted by molar-refractivity contribution is 7.79. The minimum Gasteiger partial charge on any atom is -0.493 e. The van der Waals surface area contributed by atoms with Crippen molar-refractivity contribution in [1.82, 2.24) is 4.98 Å². The number of aromatic nitrogens is 1. The van der Waals surface area contributed by atoms with E-state index in [1.54, 1.807) is 13.8 Å². The molecule has 0 aliphatic rings. The Labute approximate surface area is 170 Å². The van der Waals surface area contributed by atoms with Gasteiger partial charge in [0.05, 0.1) is 34.6 Å². The summed E-state index contributed by atoms with van der Waals surface area (Å²) in [6.07, 6.45) is -3.42. The van der Waals surface area contributed by atoms with Crippen molar-refractivity contribution in [1.29, 1.82) is 5.26 Å². The van der Waals surface area contributed by atoms with E-state index in [4.69, 9.17) is 17.5 Å². The van der Waals surface area contributed by atoms with Crippen LogP contribution in [0.3, 0.4) is 0 Å². The zero-order valence-electron chi connectivity index (χ0n) is 15.7. The molecule has 29 heavy (non-hydrogen) atoms. The molecule has 0 saturated carbocycles. The third-order valence-electron chi connectivity index (χ3n) is 4.36. The molecule has 0 bridgehead atoms. The number of nitrogens with zero attached hydrogens (tertiary/aromatic N) is 4. The topological polar surface area (TPSA) is 80.5 Å². The summed E-state index contributed by atoms with van der Waals surface area (Å²) in [6.45, 7) is 3.10. The van der Waals surface area contributed by atoms with Gasteiger partial charge in [-0.05, 0) is 38.1 Å². The minimum atomic E-state index is -4.74. The molecule has 1 amide bonds. The van der Waals surface area contributed by atoms with E-state index in [1.807, 2.05) is 0 Å². The fraction of sp³-hybridized carbons (Fsp3) is 0.263. The number of likely N-dealkylation sites (N-methyl/N-ethyl adjacent to an activating group) is 1. The van der Waals surface area contributed by atoms with Crippen LogP contribution in [0.2, 0.25) is 0 Å². The molecule has 2 rings (SSSR count). The van der Waals surface area contributed by atoms with E-state index in [0.29, 0.717) is 5.69 Å². The van der Waals surface area contributed by atoms with E-state index >= 15 is 0 Å². The van der Waals surface area contributed by atoms with Gasteiger partial charge in [0.15, 0.2) is 0 Å². The Kier molecular flexibility index (Phi) is 6.13. The lowest BCUT2D eigenvalue weighted by molar-refractivity contribution is -0.137. The highest BCUT2D eigenvalue weighted by atomic mass is 32.1. The van der Waals surface area contributed by atoms with Crippen molar-refractivity contribution in [3.63, 3.8) is 0 Å². The first-order chi connectivity index (χ1) is 13.4. The molecule has 2 aromatic rings. The zero-order chi connectivity index (χ0) is 22.0. The summed E-state index contributed by atoms with van der Waals surface area (Å²) >= 11 is 5.02. The Morgan fingerprint density at radius 1 is 1.24 bits per heavy atom. The number of anilines is 2. The van der Waals surface area contributed by atoms with Crippen LogP contribution in [0.1, 0.15) is 25.0 Å². The van der Waals surface area contributed by atoms with Crippen molar-refractivity contribution < 1.29 is 23.1 Å². The molecular weight excluding hydrogens is 405 g/mol. The van der Waals surface area contributed by atoms with E-state index in [0.717, 1.165) is 17.0 Å². The number of halogens is 3. The van der Waals surface area contributed by atoms with Crippen molar-refractivity contribution in [2.45, 2.75) is 25.6 Å². The van der Waals surface area contributed by atoms with E-state index in [2.05, 4.69) is 4.98 Å². The van der Waals surface area contributed by atoms with Gasteiger partial charge >= 0.3 is 6.18 Å². The standard InChI is InChI=1S/C19H17F3N4O2S/c1-18(2,26(11-29)14-6-7-16(27)24-10-14)17(28)25(3)13-5-4-12(9-23)15(8-13)19(20,21)22/h4-8,10-11H,1-3H3,(H,24,27). The Morgan fingerprint density at radius 3 is 2.34 bits per heavy atom. The summed E-state index contributed by atoms with van der Waals surface area (Å²) in [7, 11) is 1.34. The van der Waals surface area contributed by atoms with Crippen molar-refractivity contribution in [2.24, 2.45) is 0 Å². The molecule has 6 nitrogen and oxygen atoms in total. The van der Waals surface area contributed by atoms with Crippen LogP contribution >= 0.6 is 12.2 Å². The van der Waals surface area contributed by atoms with Crippen LogP contribution in [0.25, 0.3) is 0 Å². The van der Waals surface area contributed by atoms with Crippen LogP contribution in [0, 0.1) is 11.3 Å². The van der Waals surface area contributed by atoms with E-state index < -0.39 is 28.7 Å². The number of benzene rings is 1. The molecule has 0 radical (unpaired) electrons. The first-order valence-corrected chi connectivity index (χ1v) is 8.69. The summed E-state index contributed by atoms with van der Waals surface area (Å²) in [4.78, 5) is 19.4. The summed E-state index contributed by atoms with van der Waals surface area (Å²) in [5.74, 6) is -0.763. The molecule has 10 heteroatoms. The van der Waals surface area contributed by atoms with Crippen molar-refractivity contribution in [3.05, 3.63) is 47.7 Å². The molecule has 0 aliphatic carbocycles. The predicted octanol–water partition coefficient (Wildman–Crippen LogP) is 3.88. The van der Waals surface area contributed by atoms with Gasteiger partial charge in [-0.1, -0.05) is 12.2 Å². The maximum Gasteiger partial charge on any atom is 0.417 e. The molecule has 1 heterocycles. The smallest absolute Gasteiger partial charge is 0.417 e. The van der Waals surface area contributed by atoms with Crippen LogP contribution in [-0.2, 0) is 11.0 Å². The van der Waals surface area contributed by atoms with Gasteiger partial charge in [-0.25, -0.2) is 4.98 Å². The van der Waals surface area contributed by atoms with Gasteiger partial charge in [0.2, 0.25) is 5.88 Å². The van der Waals surface area contributed by atoms with Crippen LogP contribution in [0.4, 0.5) is 24.5 Å². The fourth-order valence-corrected chi connectivity index (χ4v) is 3.12. The third-order valence-corrected chi connectivity index (χ3v) is 4.57. The second-order valence-corrected chi connectivity index (χ2v) is 6.82. The Bertz CT molecular complexity index is 969. The van der Waals surface area contributed by atoms with E-state index in [9.17, 15) is 23.1 Å². The lowest BCUT2D eigenvalue weighted by Crippen LogP contribution is -2.55. The van der Waals surface area contributed by atoms with Gasteiger partial charge in [-0.2, -0.15) is 18.4 Å². The number of nitriles is 1. The number of carbonyl (C=O) groups excluding carboxylic acids is 1. The Morgan fingerprint density at radius 2 is 1.86 bits per heavy atom. The lowest BCUT2D eigenvalue weighted by atomic mass is 9.99. The quantitative estimate of drug-likeness (QED) is 0.737. The first-order valence-electron chi connectivity index (χ1n) is 8.22. The van der Waals surface area contributed by atoms with Crippen molar-refractivity contribution >= 4 is 35.0 Å². The SMILES string of the molecule is CN(C(=O)C(C)(C)N(C=S)c1ccc(O)nc1)c1ccc(C#N)c(C(F)(F)F)c1. The maximum absolute atomic E-state index is 13.2. The third kappa shape index (κ3) is 4.46. The molecular formula is C19H17F3N4O2S. The monoisotopic (exact) mass is 422 g/mol. The highest BCUT2D eigenvalue weighted by Crippen LogP contribution is 2.35. The number of hydrogen-bond donors (Lipinski definition) is 1. The molecule has 152 valence electrons. The molecule has 0 saturated heterocycles. The van der Waals surface area contributed by atoms with Gasteiger partial charge in [-0.15, -0.1) is 0 Å². The lowest BCUT2D eigenvalue weighted by Gasteiger charge is -2.38. The van der Waals surface area contributed by atoms with Crippen LogP contribution in [-0.4, -0.2) is 34.1 Å². The number of thiocarbonyl (C=S) groups is 1. The molecule has 1 aromatic carbocycles. The second-order valence-electron chi connectivity index (χ2n) is 6.61. The van der Waals surface area contributed by atoms with Crippen LogP contribution < -0.4 is 9.80 Å². The average Bonchev–Trinajstić information content (AvgIpc) is 2.67. The number of pyridine rings is 1. The predicted molar refractivity (Wildman–Crippen MR) is 106 cm³/mol. The van der Waals surface area contributed by atoms with E-state index in [1.165, 1.54) is 47.9 Å². The summed E-state index contributed by atoms with van der Waals surface area (Å²) in [5.41, 5.74) is -1.33. The van der Waals surface area contributed by atoms with Gasteiger partial charge in [0.1, 0.15) is 5.54 Å². The molecule has 0 unspecified atom stereocenters. The van der Waals surface area contributed by atoms with Crippen molar-refractivity contribution in [2.75, 3.05) is 16.8 Å². The Balaban J connectivity index is 2.43. The number of rotatable bonds is 5. The number of carbonyl (C=O) groups is 1. The molecule has 0 aliphatic heterocycles. The molecule has 0 fully saturated rings. The maximum atomic E-state index is 13.2. The summed E-state index contributed by atoms with van der Waals surface area (Å²) < 4.78 is 39.7. The van der Waals surface area contributed by atoms with Crippen LogP contribution in [0.15, 0.2) is 36.5 Å².